The molecule has 6 heteroatoms. The maximum absolute atomic E-state index is 13.2. The zero-order chi connectivity index (χ0) is 14.8. The summed E-state index contributed by atoms with van der Waals surface area (Å²) in [5, 5.41) is 0. The number of sulfonamides is 1. The fourth-order valence-corrected chi connectivity index (χ4v) is 3.25. The molecule has 0 bridgehead atoms. The molecule has 1 N–H and O–H groups in total. The van der Waals surface area contributed by atoms with Crippen molar-refractivity contribution >= 4 is 10.0 Å². The third-order valence-corrected chi connectivity index (χ3v) is 4.51. The number of aryl methyl sites for hydroxylation is 1. The van der Waals surface area contributed by atoms with Crippen molar-refractivity contribution in [3.8, 4) is 0 Å². The minimum absolute atomic E-state index is 0.0652. The molecule has 0 aliphatic heterocycles. The number of rotatable bonds is 5. The van der Waals surface area contributed by atoms with Crippen LogP contribution < -0.4 is 4.72 Å². The SMILES string of the molecule is Cc1cc(S(=O)(=O)NC(C)Cc2ccoc2)ccc1F. The third-order valence-electron chi connectivity index (χ3n) is 2.92. The standard InChI is InChI=1S/C14H16FNO3S/c1-10-7-13(3-4-14(10)15)20(17,18)16-11(2)8-12-5-6-19-9-12/h3-7,9,11,16H,8H2,1-2H3. The van der Waals surface area contributed by atoms with Crippen LogP contribution in [-0.2, 0) is 16.4 Å². The molecule has 0 aliphatic rings. The normalized spacial score (nSPS) is 13.3. The molecule has 108 valence electrons. The topological polar surface area (TPSA) is 59.3 Å². The van der Waals surface area contributed by atoms with Crippen LogP contribution in [0, 0.1) is 12.7 Å². The van der Waals surface area contributed by atoms with E-state index >= 15 is 0 Å². The molecule has 0 saturated carbocycles. The van der Waals surface area contributed by atoms with Crippen molar-refractivity contribution in [1.82, 2.24) is 4.72 Å². The fraction of sp³-hybridized carbons (Fsp3) is 0.286. The maximum Gasteiger partial charge on any atom is 0.240 e. The van der Waals surface area contributed by atoms with E-state index in [4.69, 9.17) is 4.42 Å². The van der Waals surface area contributed by atoms with Crippen molar-refractivity contribution in [2.75, 3.05) is 0 Å². The molecule has 2 rings (SSSR count). The van der Waals surface area contributed by atoms with E-state index in [1.807, 2.05) is 0 Å². The monoisotopic (exact) mass is 297 g/mol. The summed E-state index contributed by atoms with van der Waals surface area (Å²) in [6, 6.07) is 5.23. The number of hydrogen-bond donors (Lipinski definition) is 1. The predicted molar refractivity (Wildman–Crippen MR) is 73.3 cm³/mol. The van der Waals surface area contributed by atoms with E-state index in [1.54, 1.807) is 25.5 Å². The minimum atomic E-state index is -3.65. The Morgan fingerprint density at radius 3 is 2.70 bits per heavy atom. The third kappa shape index (κ3) is 3.46. The van der Waals surface area contributed by atoms with E-state index in [0.29, 0.717) is 12.0 Å². The van der Waals surface area contributed by atoms with Gasteiger partial charge in [-0.15, -0.1) is 0 Å². The molecule has 0 spiro atoms. The van der Waals surface area contributed by atoms with Gasteiger partial charge in [0.1, 0.15) is 5.82 Å². The Bertz CT molecular complexity index is 680. The highest BCUT2D eigenvalue weighted by atomic mass is 32.2. The molecule has 4 nitrogen and oxygen atoms in total. The Morgan fingerprint density at radius 2 is 2.10 bits per heavy atom. The van der Waals surface area contributed by atoms with Gasteiger partial charge in [0, 0.05) is 6.04 Å². The van der Waals surface area contributed by atoms with Gasteiger partial charge in [0.15, 0.2) is 0 Å². The van der Waals surface area contributed by atoms with Crippen LogP contribution >= 0.6 is 0 Å². The van der Waals surface area contributed by atoms with Crippen molar-refractivity contribution in [3.05, 3.63) is 53.7 Å². The Morgan fingerprint density at radius 1 is 1.35 bits per heavy atom. The van der Waals surface area contributed by atoms with Gasteiger partial charge in [0.05, 0.1) is 17.4 Å². The first kappa shape index (κ1) is 14.7. The van der Waals surface area contributed by atoms with E-state index in [1.165, 1.54) is 19.1 Å². The van der Waals surface area contributed by atoms with Gasteiger partial charge in [-0.2, -0.15) is 0 Å². The van der Waals surface area contributed by atoms with Crippen LogP contribution in [0.1, 0.15) is 18.1 Å². The quantitative estimate of drug-likeness (QED) is 0.923. The van der Waals surface area contributed by atoms with E-state index in [0.717, 1.165) is 11.6 Å². The molecule has 0 saturated heterocycles. The van der Waals surface area contributed by atoms with Crippen LogP contribution in [0.15, 0.2) is 46.1 Å². The summed E-state index contributed by atoms with van der Waals surface area (Å²) in [4.78, 5) is 0.0652. The highest BCUT2D eigenvalue weighted by molar-refractivity contribution is 7.89. The van der Waals surface area contributed by atoms with E-state index in [2.05, 4.69) is 4.72 Å². The van der Waals surface area contributed by atoms with Gasteiger partial charge in [-0.3, -0.25) is 0 Å². The van der Waals surface area contributed by atoms with Gasteiger partial charge in [0.25, 0.3) is 0 Å². The molecule has 1 aromatic heterocycles. The van der Waals surface area contributed by atoms with Crippen molar-refractivity contribution in [2.24, 2.45) is 0 Å². The lowest BCUT2D eigenvalue weighted by Crippen LogP contribution is -2.34. The maximum atomic E-state index is 13.2. The largest absolute Gasteiger partial charge is 0.472 e. The molecule has 1 unspecified atom stereocenters. The Kier molecular flexibility index (Phi) is 4.25. The smallest absolute Gasteiger partial charge is 0.240 e. The lowest BCUT2D eigenvalue weighted by molar-refractivity contribution is 0.548. The van der Waals surface area contributed by atoms with Crippen LogP contribution in [-0.4, -0.2) is 14.5 Å². The molecule has 2 aromatic rings. The van der Waals surface area contributed by atoms with Gasteiger partial charge in [-0.25, -0.2) is 17.5 Å². The zero-order valence-electron chi connectivity index (χ0n) is 11.3. The molecular weight excluding hydrogens is 281 g/mol. The Balaban J connectivity index is 2.12. The molecule has 1 atom stereocenters. The Hall–Kier alpha value is -1.66. The number of benzene rings is 1. The summed E-state index contributed by atoms with van der Waals surface area (Å²) in [5.41, 5.74) is 1.21. The molecule has 20 heavy (non-hydrogen) atoms. The van der Waals surface area contributed by atoms with E-state index in [9.17, 15) is 12.8 Å². The van der Waals surface area contributed by atoms with Crippen LogP contribution in [0.2, 0.25) is 0 Å². The first-order valence-electron chi connectivity index (χ1n) is 6.18. The average molecular weight is 297 g/mol. The number of furan rings is 1. The number of halogens is 1. The fourth-order valence-electron chi connectivity index (χ4n) is 1.92. The average Bonchev–Trinajstić information content (AvgIpc) is 2.84. The molecule has 0 fully saturated rings. The van der Waals surface area contributed by atoms with Crippen molar-refractivity contribution in [1.29, 1.82) is 0 Å². The molecule has 0 aliphatic carbocycles. The number of hydrogen-bond acceptors (Lipinski definition) is 3. The lowest BCUT2D eigenvalue weighted by Gasteiger charge is -2.13. The van der Waals surface area contributed by atoms with Crippen LogP contribution in [0.4, 0.5) is 4.39 Å². The molecule has 0 radical (unpaired) electrons. The summed E-state index contributed by atoms with van der Waals surface area (Å²) in [7, 11) is -3.65. The highest BCUT2D eigenvalue weighted by Crippen LogP contribution is 2.15. The van der Waals surface area contributed by atoms with Crippen LogP contribution in [0.5, 0.6) is 0 Å². The highest BCUT2D eigenvalue weighted by Gasteiger charge is 2.18. The van der Waals surface area contributed by atoms with Crippen molar-refractivity contribution in [3.63, 3.8) is 0 Å². The Labute approximate surface area is 117 Å². The van der Waals surface area contributed by atoms with Crippen molar-refractivity contribution < 1.29 is 17.2 Å². The first-order chi connectivity index (χ1) is 9.38. The summed E-state index contributed by atoms with van der Waals surface area (Å²) >= 11 is 0. The predicted octanol–water partition coefficient (Wildman–Crippen LogP) is 2.64. The van der Waals surface area contributed by atoms with Gasteiger partial charge >= 0.3 is 0 Å². The van der Waals surface area contributed by atoms with Gasteiger partial charge in [-0.05, 0) is 55.7 Å². The minimum Gasteiger partial charge on any atom is -0.472 e. The second-order valence-corrected chi connectivity index (χ2v) is 6.48. The number of nitrogens with one attached hydrogen (secondary N) is 1. The van der Waals surface area contributed by atoms with Gasteiger partial charge in [0.2, 0.25) is 10.0 Å². The summed E-state index contributed by atoms with van der Waals surface area (Å²) in [5.74, 6) is -0.421. The molecular formula is C14H16FNO3S. The van der Waals surface area contributed by atoms with E-state index in [-0.39, 0.29) is 10.9 Å². The lowest BCUT2D eigenvalue weighted by atomic mass is 10.1. The second-order valence-electron chi connectivity index (χ2n) is 4.77. The van der Waals surface area contributed by atoms with Crippen molar-refractivity contribution in [2.45, 2.75) is 31.2 Å². The van der Waals surface area contributed by atoms with Gasteiger partial charge < -0.3 is 4.42 Å². The summed E-state index contributed by atoms with van der Waals surface area (Å²) < 4.78 is 45.0. The molecule has 1 aromatic carbocycles. The summed E-state index contributed by atoms with van der Waals surface area (Å²) in [6.45, 7) is 3.30. The van der Waals surface area contributed by atoms with E-state index < -0.39 is 15.8 Å². The molecule has 0 amide bonds. The van der Waals surface area contributed by atoms with Gasteiger partial charge in [-0.1, -0.05) is 0 Å². The summed E-state index contributed by atoms with van der Waals surface area (Å²) in [6.07, 6.45) is 3.64. The van der Waals surface area contributed by atoms with Crippen LogP contribution in [0.25, 0.3) is 0 Å². The molecule has 1 heterocycles. The zero-order valence-corrected chi connectivity index (χ0v) is 12.1. The first-order valence-corrected chi connectivity index (χ1v) is 7.66. The second kappa shape index (κ2) is 5.76. The van der Waals surface area contributed by atoms with Crippen LogP contribution in [0.3, 0.4) is 0 Å².